The number of hydrogen-bond acceptors (Lipinski definition) is 0. The Labute approximate surface area is 120 Å². The van der Waals surface area contributed by atoms with E-state index in [9.17, 15) is 0 Å². The van der Waals surface area contributed by atoms with E-state index < -0.39 is 0 Å². The van der Waals surface area contributed by atoms with Crippen molar-refractivity contribution in [3.63, 3.8) is 0 Å². The average molecular weight is 260 g/mol. The van der Waals surface area contributed by atoms with Gasteiger partial charge in [-0.05, 0) is 40.7 Å². The molecule has 1 aliphatic carbocycles. The number of hydrogen-bond donors (Lipinski definition) is 0. The predicted molar refractivity (Wildman–Crippen MR) is 86.8 cm³/mol. The van der Waals surface area contributed by atoms with Crippen LogP contribution in [-0.2, 0) is 5.41 Å². The van der Waals surface area contributed by atoms with Crippen molar-refractivity contribution < 1.29 is 0 Å². The lowest BCUT2D eigenvalue weighted by Gasteiger charge is -2.46. The first-order chi connectivity index (χ1) is 9.00. The molecule has 0 aromatic heterocycles. The van der Waals surface area contributed by atoms with Crippen LogP contribution in [-0.4, -0.2) is 0 Å². The average Bonchev–Trinajstić information content (AvgIpc) is 2.46. The number of rotatable bonds is 2. The minimum atomic E-state index is 0.372. The van der Waals surface area contributed by atoms with Gasteiger partial charge in [0.25, 0.3) is 0 Å². The highest BCUT2D eigenvalue weighted by molar-refractivity contribution is 5.39. The molecular formula is C19H32. The van der Waals surface area contributed by atoms with E-state index in [0.29, 0.717) is 11.3 Å². The van der Waals surface area contributed by atoms with Crippen molar-refractivity contribution >= 4 is 0 Å². The SMILES string of the molecule is CC.CCC(C)C1(C)CC(C)C(C)c2ccccc21. The Kier molecular flexibility index (Phi) is 5.64. The smallest absolute Gasteiger partial charge is 0.00442 e. The van der Waals surface area contributed by atoms with E-state index >= 15 is 0 Å². The van der Waals surface area contributed by atoms with Crippen molar-refractivity contribution in [2.75, 3.05) is 0 Å². The summed E-state index contributed by atoms with van der Waals surface area (Å²) in [6.45, 7) is 16.0. The van der Waals surface area contributed by atoms with Gasteiger partial charge in [0.05, 0.1) is 0 Å². The maximum absolute atomic E-state index is 2.47. The molecule has 0 heteroatoms. The van der Waals surface area contributed by atoms with Crippen LogP contribution in [0.15, 0.2) is 24.3 Å². The molecule has 0 bridgehead atoms. The topological polar surface area (TPSA) is 0 Å². The lowest BCUT2D eigenvalue weighted by molar-refractivity contribution is 0.210. The fourth-order valence-electron chi connectivity index (χ4n) is 3.59. The summed E-state index contributed by atoms with van der Waals surface area (Å²) in [4.78, 5) is 0. The Morgan fingerprint density at radius 1 is 1.21 bits per heavy atom. The zero-order chi connectivity index (χ0) is 14.6. The molecule has 0 fully saturated rings. The van der Waals surface area contributed by atoms with Gasteiger partial charge in [0, 0.05) is 0 Å². The number of benzene rings is 1. The largest absolute Gasteiger partial charge is 0.0683 e. The first-order valence-electron chi connectivity index (χ1n) is 8.10. The van der Waals surface area contributed by atoms with Crippen LogP contribution in [0.4, 0.5) is 0 Å². The third-order valence-corrected chi connectivity index (χ3v) is 5.37. The van der Waals surface area contributed by atoms with Crippen LogP contribution in [0.25, 0.3) is 0 Å². The predicted octanol–water partition coefficient (Wildman–Crippen LogP) is 6.16. The van der Waals surface area contributed by atoms with E-state index in [1.807, 2.05) is 13.8 Å². The highest BCUT2D eigenvalue weighted by Gasteiger charge is 2.40. The van der Waals surface area contributed by atoms with Gasteiger partial charge in [-0.2, -0.15) is 0 Å². The lowest BCUT2D eigenvalue weighted by Crippen LogP contribution is -2.38. The molecule has 0 nitrogen and oxygen atoms in total. The van der Waals surface area contributed by atoms with E-state index in [1.54, 1.807) is 11.1 Å². The first-order valence-corrected chi connectivity index (χ1v) is 8.10. The zero-order valence-corrected chi connectivity index (χ0v) is 14.0. The van der Waals surface area contributed by atoms with E-state index in [4.69, 9.17) is 0 Å². The maximum Gasteiger partial charge on any atom is -0.00442 e. The van der Waals surface area contributed by atoms with Gasteiger partial charge in [0.1, 0.15) is 0 Å². The second-order valence-electron chi connectivity index (χ2n) is 6.28. The molecule has 2 rings (SSSR count). The summed E-state index contributed by atoms with van der Waals surface area (Å²) < 4.78 is 0. The van der Waals surface area contributed by atoms with E-state index in [2.05, 4.69) is 58.9 Å². The van der Waals surface area contributed by atoms with E-state index in [1.165, 1.54) is 12.8 Å². The highest BCUT2D eigenvalue weighted by Crippen LogP contribution is 2.49. The Bertz CT molecular complexity index is 393. The van der Waals surface area contributed by atoms with Gasteiger partial charge in [0.2, 0.25) is 0 Å². The summed E-state index contributed by atoms with van der Waals surface area (Å²) in [5.41, 5.74) is 3.58. The monoisotopic (exact) mass is 260 g/mol. The van der Waals surface area contributed by atoms with Crippen molar-refractivity contribution in [1.29, 1.82) is 0 Å². The van der Waals surface area contributed by atoms with Gasteiger partial charge >= 0.3 is 0 Å². The molecule has 108 valence electrons. The normalized spacial score (nSPS) is 30.9. The van der Waals surface area contributed by atoms with Gasteiger partial charge in [0.15, 0.2) is 0 Å². The van der Waals surface area contributed by atoms with Crippen molar-refractivity contribution in [1.82, 2.24) is 0 Å². The van der Waals surface area contributed by atoms with E-state index in [0.717, 1.165) is 11.8 Å². The molecule has 4 unspecified atom stereocenters. The summed E-state index contributed by atoms with van der Waals surface area (Å²) in [6.07, 6.45) is 2.60. The fraction of sp³-hybridized carbons (Fsp3) is 0.684. The lowest BCUT2D eigenvalue weighted by atomic mass is 9.59. The molecule has 1 aliphatic rings. The Balaban J connectivity index is 0.000000861. The van der Waals surface area contributed by atoms with Crippen LogP contribution < -0.4 is 0 Å². The van der Waals surface area contributed by atoms with Gasteiger partial charge in [-0.1, -0.05) is 79.2 Å². The third kappa shape index (κ3) is 2.88. The summed E-state index contributed by atoms with van der Waals surface area (Å²) in [5, 5.41) is 0. The molecule has 4 atom stereocenters. The second-order valence-corrected chi connectivity index (χ2v) is 6.28. The van der Waals surface area contributed by atoms with Crippen LogP contribution in [0.5, 0.6) is 0 Å². The molecule has 19 heavy (non-hydrogen) atoms. The molecule has 0 radical (unpaired) electrons. The standard InChI is InChI=1S/C17H26.C2H6/c1-6-13(3)17(5)11-12(2)14(4)15-9-7-8-10-16(15)17;1-2/h7-10,12-14H,6,11H2,1-5H3;1-2H3. The van der Waals surface area contributed by atoms with Crippen molar-refractivity contribution in [3.05, 3.63) is 35.4 Å². The summed E-state index contributed by atoms with van der Waals surface area (Å²) in [6, 6.07) is 9.12. The molecule has 0 saturated heterocycles. The molecular weight excluding hydrogens is 228 g/mol. The van der Waals surface area contributed by atoms with Crippen LogP contribution >= 0.6 is 0 Å². The summed E-state index contributed by atoms with van der Waals surface area (Å²) in [5.74, 6) is 2.27. The van der Waals surface area contributed by atoms with Gasteiger partial charge in [-0.3, -0.25) is 0 Å². The molecule has 1 aromatic rings. The van der Waals surface area contributed by atoms with Crippen LogP contribution in [0, 0.1) is 11.8 Å². The summed E-state index contributed by atoms with van der Waals surface area (Å²) in [7, 11) is 0. The van der Waals surface area contributed by atoms with Crippen molar-refractivity contribution in [2.45, 2.75) is 72.6 Å². The minimum absolute atomic E-state index is 0.372. The Morgan fingerprint density at radius 3 is 2.37 bits per heavy atom. The molecule has 0 amide bonds. The van der Waals surface area contributed by atoms with Crippen LogP contribution in [0.1, 0.15) is 78.4 Å². The van der Waals surface area contributed by atoms with Crippen molar-refractivity contribution in [2.24, 2.45) is 11.8 Å². The second kappa shape index (κ2) is 6.59. The molecule has 0 saturated carbocycles. The number of fused-ring (bicyclic) bond motifs is 1. The van der Waals surface area contributed by atoms with Gasteiger partial charge in [-0.15, -0.1) is 0 Å². The highest BCUT2D eigenvalue weighted by atomic mass is 14.4. The Morgan fingerprint density at radius 2 is 1.79 bits per heavy atom. The maximum atomic E-state index is 2.47. The first kappa shape index (κ1) is 16.3. The molecule has 0 spiro atoms. The quantitative estimate of drug-likeness (QED) is 0.597. The fourth-order valence-corrected chi connectivity index (χ4v) is 3.59. The van der Waals surface area contributed by atoms with Gasteiger partial charge in [-0.25, -0.2) is 0 Å². The minimum Gasteiger partial charge on any atom is -0.0683 e. The molecule has 0 N–H and O–H groups in total. The molecule has 1 aromatic carbocycles. The molecule has 0 heterocycles. The van der Waals surface area contributed by atoms with Crippen molar-refractivity contribution in [3.8, 4) is 0 Å². The van der Waals surface area contributed by atoms with E-state index in [-0.39, 0.29) is 0 Å². The van der Waals surface area contributed by atoms with Gasteiger partial charge < -0.3 is 0 Å². The summed E-state index contributed by atoms with van der Waals surface area (Å²) >= 11 is 0. The Hall–Kier alpha value is -0.780. The third-order valence-electron chi connectivity index (χ3n) is 5.37. The van der Waals surface area contributed by atoms with Crippen LogP contribution in [0.2, 0.25) is 0 Å². The zero-order valence-electron chi connectivity index (χ0n) is 14.0. The molecule has 0 aliphatic heterocycles. The van der Waals surface area contributed by atoms with Crippen LogP contribution in [0.3, 0.4) is 0 Å².